The van der Waals surface area contributed by atoms with Crippen LogP contribution in [0.15, 0.2) is 22.7 Å². The lowest BCUT2D eigenvalue weighted by Gasteiger charge is -2.05. The zero-order valence-electron chi connectivity index (χ0n) is 11.8. The molecular formula is C15H18N2O3. The Balaban J connectivity index is 1.61. The van der Waals surface area contributed by atoms with Crippen molar-refractivity contribution in [3.8, 4) is 5.75 Å². The van der Waals surface area contributed by atoms with Crippen molar-refractivity contribution < 1.29 is 14.0 Å². The van der Waals surface area contributed by atoms with E-state index in [0.29, 0.717) is 19.1 Å². The van der Waals surface area contributed by atoms with Crippen molar-refractivity contribution in [2.75, 3.05) is 13.2 Å². The average molecular weight is 274 g/mol. The Morgan fingerprint density at radius 3 is 2.95 bits per heavy atom. The number of hydrogen-bond acceptors (Lipinski definition) is 5. The first-order valence-electron chi connectivity index (χ1n) is 6.82. The maximum Gasteiger partial charge on any atom is 0.264 e. The van der Waals surface area contributed by atoms with Gasteiger partial charge in [-0.2, -0.15) is 4.98 Å². The smallest absolute Gasteiger partial charge is 0.264 e. The molecule has 1 saturated heterocycles. The summed E-state index contributed by atoms with van der Waals surface area (Å²) in [5.41, 5.74) is 2.45. The Bertz CT molecular complexity index is 589. The molecule has 2 heterocycles. The summed E-state index contributed by atoms with van der Waals surface area (Å²) in [4.78, 5) is 4.36. The van der Waals surface area contributed by atoms with Crippen LogP contribution in [0.3, 0.4) is 0 Å². The minimum atomic E-state index is 0.258. The first-order chi connectivity index (χ1) is 9.72. The summed E-state index contributed by atoms with van der Waals surface area (Å²) in [6.07, 6.45) is 0.955. The van der Waals surface area contributed by atoms with Crippen LogP contribution in [0, 0.1) is 13.8 Å². The van der Waals surface area contributed by atoms with Gasteiger partial charge in [0.15, 0.2) is 12.4 Å². The third-order valence-corrected chi connectivity index (χ3v) is 3.62. The van der Waals surface area contributed by atoms with Crippen LogP contribution < -0.4 is 4.74 Å². The van der Waals surface area contributed by atoms with E-state index in [9.17, 15) is 0 Å². The van der Waals surface area contributed by atoms with Crippen molar-refractivity contribution in [1.29, 1.82) is 0 Å². The zero-order chi connectivity index (χ0) is 13.9. The molecule has 106 valence electrons. The van der Waals surface area contributed by atoms with Gasteiger partial charge < -0.3 is 14.0 Å². The molecule has 1 aromatic heterocycles. The van der Waals surface area contributed by atoms with Crippen molar-refractivity contribution in [3.63, 3.8) is 0 Å². The van der Waals surface area contributed by atoms with Gasteiger partial charge in [0, 0.05) is 12.5 Å². The maximum absolute atomic E-state index is 5.68. The number of benzene rings is 1. The SMILES string of the molecule is Cc1ccc(OCc2nc([C@@H]3CCOC3)no2)cc1C. The predicted molar refractivity (Wildman–Crippen MR) is 72.7 cm³/mol. The van der Waals surface area contributed by atoms with Crippen molar-refractivity contribution in [3.05, 3.63) is 41.0 Å². The third kappa shape index (κ3) is 2.82. The van der Waals surface area contributed by atoms with Gasteiger partial charge in [0.1, 0.15) is 5.75 Å². The van der Waals surface area contributed by atoms with Crippen molar-refractivity contribution in [1.82, 2.24) is 10.1 Å². The van der Waals surface area contributed by atoms with Crippen LogP contribution >= 0.6 is 0 Å². The highest BCUT2D eigenvalue weighted by atomic mass is 16.5. The lowest BCUT2D eigenvalue weighted by atomic mass is 10.1. The third-order valence-electron chi connectivity index (χ3n) is 3.62. The molecule has 0 unspecified atom stereocenters. The van der Waals surface area contributed by atoms with Crippen molar-refractivity contribution >= 4 is 0 Å². The molecule has 0 radical (unpaired) electrons. The highest BCUT2D eigenvalue weighted by Crippen LogP contribution is 2.23. The van der Waals surface area contributed by atoms with E-state index in [1.54, 1.807) is 0 Å². The van der Waals surface area contributed by atoms with E-state index in [4.69, 9.17) is 14.0 Å². The summed E-state index contributed by atoms with van der Waals surface area (Å²) >= 11 is 0. The Morgan fingerprint density at radius 1 is 1.30 bits per heavy atom. The molecule has 1 atom stereocenters. The minimum absolute atomic E-state index is 0.258. The van der Waals surface area contributed by atoms with Gasteiger partial charge in [0.25, 0.3) is 5.89 Å². The van der Waals surface area contributed by atoms with Crippen molar-refractivity contribution in [2.45, 2.75) is 32.8 Å². The topological polar surface area (TPSA) is 57.4 Å². The molecule has 5 heteroatoms. The second-order valence-electron chi connectivity index (χ2n) is 5.14. The quantitative estimate of drug-likeness (QED) is 0.858. The molecule has 2 aromatic rings. The zero-order valence-corrected chi connectivity index (χ0v) is 11.8. The molecule has 3 rings (SSSR count). The highest BCUT2D eigenvalue weighted by molar-refractivity contribution is 5.33. The van der Waals surface area contributed by atoms with E-state index in [-0.39, 0.29) is 5.92 Å². The van der Waals surface area contributed by atoms with Gasteiger partial charge in [-0.3, -0.25) is 0 Å². The normalized spacial score (nSPS) is 18.4. The number of aromatic nitrogens is 2. The fraction of sp³-hybridized carbons (Fsp3) is 0.467. The van der Waals surface area contributed by atoms with Crippen LogP contribution in [0.4, 0.5) is 0 Å². The Kier molecular flexibility index (Phi) is 3.69. The van der Waals surface area contributed by atoms with Crippen LogP contribution in [0.5, 0.6) is 5.75 Å². The molecule has 0 amide bonds. The molecule has 0 spiro atoms. The largest absolute Gasteiger partial charge is 0.484 e. The van der Waals surface area contributed by atoms with Gasteiger partial charge in [-0.25, -0.2) is 0 Å². The summed E-state index contributed by atoms with van der Waals surface area (Å²) in [5.74, 6) is 2.30. The number of aryl methyl sites for hydroxylation is 2. The molecule has 5 nitrogen and oxygen atoms in total. The van der Waals surface area contributed by atoms with Crippen LogP contribution in [0.25, 0.3) is 0 Å². The van der Waals surface area contributed by atoms with E-state index >= 15 is 0 Å². The minimum Gasteiger partial charge on any atom is -0.484 e. The lowest BCUT2D eigenvalue weighted by Crippen LogP contribution is -2.01. The second kappa shape index (κ2) is 5.63. The van der Waals surface area contributed by atoms with E-state index < -0.39 is 0 Å². The summed E-state index contributed by atoms with van der Waals surface area (Å²) in [6.45, 7) is 5.88. The van der Waals surface area contributed by atoms with E-state index in [2.05, 4.69) is 24.0 Å². The molecule has 1 aliphatic rings. The van der Waals surface area contributed by atoms with Gasteiger partial charge in [-0.15, -0.1) is 0 Å². The first kappa shape index (κ1) is 13.1. The van der Waals surface area contributed by atoms with Gasteiger partial charge in [-0.1, -0.05) is 11.2 Å². The average Bonchev–Trinajstić information content (AvgIpc) is 3.09. The van der Waals surface area contributed by atoms with E-state index in [0.717, 1.165) is 24.6 Å². The van der Waals surface area contributed by atoms with Gasteiger partial charge in [-0.05, 0) is 43.5 Å². The number of hydrogen-bond donors (Lipinski definition) is 0. The molecule has 0 saturated carbocycles. The van der Waals surface area contributed by atoms with Crippen LogP contribution in [0.1, 0.15) is 35.2 Å². The fourth-order valence-corrected chi connectivity index (χ4v) is 2.18. The molecule has 1 aliphatic heterocycles. The van der Waals surface area contributed by atoms with Gasteiger partial charge >= 0.3 is 0 Å². The lowest BCUT2D eigenvalue weighted by molar-refractivity contribution is 0.192. The second-order valence-corrected chi connectivity index (χ2v) is 5.14. The number of ether oxygens (including phenoxy) is 2. The molecule has 0 N–H and O–H groups in total. The highest BCUT2D eigenvalue weighted by Gasteiger charge is 2.23. The number of rotatable bonds is 4. The summed E-state index contributed by atoms with van der Waals surface area (Å²) in [7, 11) is 0. The monoisotopic (exact) mass is 274 g/mol. The number of nitrogens with zero attached hydrogens (tertiary/aromatic N) is 2. The molecular weight excluding hydrogens is 256 g/mol. The van der Waals surface area contributed by atoms with Crippen LogP contribution in [0.2, 0.25) is 0 Å². The van der Waals surface area contributed by atoms with E-state index in [1.165, 1.54) is 11.1 Å². The Labute approximate surface area is 117 Å². The van der Waals surface area contributed by atoms with Gasteiger partial charge in [0.05, 0.1) is 6.61 Å². The van der Waals surface area contributed by atoms with Crippen molar-refractivity contribution in [2.24, 2.45) is 0 Å². The maximum atomic E-state index is 5.68. The molecule has 20 heavy (non-hydrogen) atoms. The first-order valence-corrected chi connectivity index (χ1v) is 6.82. The summed E-state index contributed by atoms with van der Waals surface area (Å²) in [5, 5.41) is 4.00. The Morgan fingerprint density at radius 2 is 2.20 bits per heavy atom. The fourth-order valence-electron chi connectivity index (χ4n) is 2.18. The molecule has 0 aliphatic carbocycles. The molecule has 0 bridgehead atoms. The molecule has 1 fully saturated rings. The Hall–Kier alpha value is -1.88. The predicted octanol–water partition coefficient (Wildman–Crippen LogP) is 2.77. The van der Waals surface area contributed by atoms with E-state index in [1.807, 2.05) is 18.2 Å². The summed E-state index contributed by atoms with van der Waals surface area (Å²) < 4.78 is 16.2. The standard InChI is InChI=1S/C15H18N2O3/c1-10-3-4-13(7-11(10)2)19-9-14-16-15(17-20-14)12-5-6-18-8-12/h3-4,7,12H,5-6,8-9H2,1-2H3/t12-/m1/s1. The van der Waals surface area contributed by atoms with Gasteiger partial charge in [0.2, 0.25) is 0 Å². The van der Waals surface area contributed by atoms with Crippen LogP contribution in [-0.2, 0) is 11.3 Å². The molecule has 1 aromatic carbocycles. The van der Waals surface area contributed by atoms with Crippen LogP contribution in [-0.4, -0.2) is 23.4 Å². The summed E-state index contributed by atoms with van der Waals surface area (Å²) in [6, 6.07) is 6.00.